The Balaban J connectivity index is 1.43. The average molecular weight is 444 g/mol. The highest BCUT2D eigenvalue weighted by Gasteiger charge is 2.47. The molecule has 1 unspecified atom stereocenters. The molecule has 1 amide bonds. The monoisotopic (exact) mass is 443 g/mol. The molecule has 2 heterocycles. The second-order valence-electron chi connectivity index (χ2n) is 7.93. The van der Waals surface area contributed by atoms with Gasteiger partial charge in [-0.05, 0) is 56.2 Å². The quantitative estimate of drug-likeness (QED) is 0.766. The van der Waals surface area contributed by atoms with Crippen molar-refractivity contribution in [1.82, 2.24) is 4.31 Å². The van der Waals surface area contributed by atoms with E-state index in [0.29, 0.717) is 30.8 Å². The summed E-state index contributed by atoms with van der Waals surface area (Å²) < 4.78 is 32.7. The first-order valence-electron chi connectivity index (χ1n) is 10.1. The van der Waals surface area contributed by atoms with Gasteiger partial charge in [0.15, 0.2) is 5.60 Å². The van der Waals surface area contributed by atoms with E-state index in [1.807, 2.05) is 6.92 Å². The Bertz CT molecular complexity index is 1100. The predicted molar refractivity (Wildman–Crippen MR) is 117 cm³/mol. The van der Waals surface area contributed by atoms with Gasteiger partial charge in [0.1, 0.15) is 11.5 Å². The lowest BCUT2D eigenvalue weighted by Crippen LogP contribution is -2.50. The zero-order valence-corrected chi connectivity index (χ0v) is 18.3. The van der Waals surface area contributed by atoms with Crippen LogP contribution in [-0.2, 0) is 19.7 Å². The van der Waals surface area contributed by atoms with Crippen LogP contribution in [0, 0.1) is 6.92 Å². The molecule has 2 aliphatic rings. The van der Waals surface area contributed by atoms with Gasteiger partial charge in [-0.1, -0.05) is 22.9 Å². The number of oxime groups is 1. The van der Waals surface area contributed by atoms with E-state index in [-0.39, 0.29) is 29.5 Å². The van der Waals surface area contributed by atoms with Crippen LogP contribution in [0.1, 0.15) is 24.8 Å². The number of nitrogens with zero attached hydrogens (tertiary/aromatic N) is 2. The van der Waals surface area contributed by atoms with Crippen molar-refractivity contribution in [3.63, 3.8) is 0 Å². The Labute approximate surface area is 181 Å². The standard InChI is InChI=1S/C22H25N3O5S/c1-16-4-10-19(11-5-16)31(27,28)25-13-3-12-22(15-25)14-20(24-30-22)21(26)23-17-6-8-18(29-2)9-7-17/h4-11H,3,12-15H2,1-2H3,(H,23,26). The van der Waals surface area contributed by atoms with Crippen molar-refractivity contribution in [2.24, 2.45) is 5.16 Å². The van der Waals surface area contributed by atoms with Crippen molar-refractivity contribution in [1.29, 1.82) is 0 Å². The first-order chi connectivity index (χ1) is 14.8. The molecule has 1 fully saturated rings. The normalized spacial score (nSPS) is 21.4. The van der Waals surface area contributed by atoms with Crippen LogP contribution in [0.25, 0.3) is 0 Å². The Kier molecular flexibility index (Phi) is 5.72. The molecule has 2 aromatic rings. The van der Waals surface area contributed by atoms with Crippen molar-refractivity contribution in [3.05, 3.63) is 54.1 Å². The smallest absolute Gasteiger partial charge is 0.273 e. The van der Waals surface area contributed by atoms with Gasteiger partial charge in [0, 0.05) is 18.7 Å². The maximum atomic E-state index is 13.1. The second-order valence-corrected chi connectivity index (χ2v) is 9.86. The number of hydrogen-bond donors (Lipinski definition) is 1. The fourth-order valence-corrected chi connectivity index (χ4v) is 5.41. The van der Waals surface area contributed by atoms with Gasteiger partial charge >= 0.3 is 0 Å². The minimum absolute atomic E-state index is 0.159. The number of sulfonamides is 1. The molecule has 1 atom stereocenters. The summed E-state index contributed by atoms with van der Waals surface area (Å²) in [6.07, 6.45) is 1.53. The summed E-state index contributed by atoms with van der Waals surface area (Å²) in [5, 5.41) is 6.79. The molecule has 0 saturated carbocycles. The molecule has 0 radical (unpaired) electrons. The Morgan fingerprint density at radius 1 is 1.16 bits per heavy atom. The van der Waals surface area contributed by atoms with E-state index in [9.17, 15) is 13.2 Å². The van der Waals surface area contributed by atoms with Gasteiger partial charge in [-0.15, -0.1) is 0 Å². The van der Waals surface area contributed by atoms with Gasteiger partial charge < -0.3 is 14.9 Å². The van der Waals surface area contributed by atoms with Crippen LogP contribution < -0.4 is 10.1 Å². The number of rotatable bonds is 5. The van der Waals surface area contributed by atoms with E-state index < -0.39 is 15.6 Å². The zero-order valence-electron chi connectivity index (χ0n) is 17.5. The van der Waals surface area contributed by atoms with Crippen LogP contribution >= 0.6 is 0 Å². The Hall–Kier alpha value is -2.91. The molecule has 1 spiro atoms. The molecule has 0 aromatic heterocycles. The fraction of sp³-hybridized carbons (Fsp3) is 0.364. The highest BCUT2D eigenvalue weighted by molar-refractivity contribution is 7.89. The number of ether oxygens (including phenoxy) is 1. The molecule has 0 aliphatic carbocycles. The average Bonchev–Trinajstić information content (AvgIpc) is 3.18. The first kappa shape index (κ1) is 21.3. The predicted octanol–water partition coefficient (Wildman–Crippen LogP) is 2.94. The number of carbonyl (C=O) groups is 1. The van der Waals surface area contributed by atoms with Gasteiger partial charge in [-0.2, -0.15) is 4.31 Å². The summed E-state index contributed by atoms with van der Waals surface area (Å²) in [5.41, 5.74) is 1.05. The highest BCUT2D eigenvalue weighted by atomic mass is 32.2. The summed E-state index contributed by atoms with van der Waals surface area (Å²) in [6, 6.07) is 13.8. The molecule has 31 heavy (non-hydrogen) atoms. The van der Waals surface area contributed by atoms with Crippen molar-refractivity contribution in [2.45, 2.75) is 36.7 Å². The summed E-state index contributed by atoms with van der Waals surface area (Å²) >= 11 is 0. The van der Waals surface area contributed by atoms with E-state index in [4.69, 9.17) is 9.57 Å². The lowest BCUT2D eigenvalue weighted by Gasteiger charge is -2.37. The topological polar surface area (TPSA) is 97.3 Å². The molecule has 2 aliphatic heterocycles. The third-order valence-electron chi connectivity index (χ3n) is 5.61. The van der Waals surface area contributed by atoms with Crippen molar-refractivity contribution in [2.75, 3.05) is 25.5 Å². The number of hydrogen-bond acceptors (Lipinski definition) is 6. The number of benzene rings is 2. The van der Waals surface area contributed by atoms with Crippen molar-refractivity contribution in [3.8, 4) is 5.75 Å². The summed E-state index contributed by atoms with van der Waals surface area (Å²) in [4.78, 5) is 18.6. The van der Waals surface area contributed by atoms with Crippen LogP contribution in [0.5, 0.6) is 5.75 Å². The van der Waals surface area contributed by atoms with E-state index in [1.165, 1.54) is 4.31 Å². The molecular weight excluding hydrogens is 418 g/mol. The molecule has 164 valence electrons. The minimum atomic E-state index is -3.65. The van der Waals surface area contributed by atoms with Crippen LogP contribution in [0.15, 0.2) is 58.6 Å². The number of amides is 1. The molecule has 9 heteroatoms. The summed E-state index contributed by atoms with van der Waals surface area (Å²) in [5.74, 6) is 0.330. The molecule has 1 saturated heterocycles. The molecule has 0 bridgehead atoms. The molecular formula is C22H25N3O5S. The van der Waals surface area contributed by atoms with Gasteiger partial charge in [0.2, 0.25) is 10.0 Å². The Morgan fingerprint density at radius 2 is 1.87 bits per heavy atom. The van der Waals surface area contributed by atoms with Crippen molar-refractivity contribution >= 4 is 27.3 Å². The van der Waals surface area contributed by atoms with E-state index >= 15 is 0 Å². The fourth-order valence-electron chi connectivity index (χ4n) is 3.86. The molecule has 2 aromatic carbocycles. The van der Waals surface area contributed by atoms with Crippen LogP contribution in [-0.4, -0.2) is 50.1 Å². The molecule has 1 N–H and O–H groups in total. The van der Waals surface area contributed by atoms with Crippen LogP contribution in [0.4, 0.5) is 5.69 Å². The summed E-state index contributed by atoms with van der Waals surface area (Å²) in [6.45, 7) is 2.48. The zero-order chi connectivity index (χ0) is 22.1. The van der Waals surface area contributed by atoms with Gasteiger partial charge in [-0.25, -0.2) is 8.42 Å². The first-order valence-corrected chi connectivity index (χ1v) is 11.5. The van der Waals surface area contributed by atoms with Gasteiger partial charge in [0.05, 0.1) is 18.6 Å². The second kappa shape index (κ2) is 8.32. The Morgan fingerprint density at radius 3 is 2.55 bits per heavy atom. The van der Waals surface area contributed by atoms with Crippen LogP contribution in [0.2, 0.25) is 0 Å². The number of aryl methyl sites for hydroxylation is 1. The number of anilines is 1. The van der Waals surface area contributed by atoms with Crippen molar-refractivity contribution < 1.29 is 22.8 Å². The number of carbonyl (C=O) groups excluding carboxylic acids is 1. The highest BCUT2D eigenvalue weighted by Crippen LogP contribution is 2.36. The van der Waals surface area contributed by atoms with Gasteiger partial charge in [-0.3, -0.25) is 4.79 Å². The summed E-state index contributed by atoms with van der Waals surface area (Å²) in [7, 11) is -2.07. The third-order valence-corrected chi connectivity index (χ3v) is 7.47. The lowest BCUT2D eigenvalue weighted by atomic mass is 9.89. The van der Waals surface area contributed by atoms with E-state index in [2.05, 4.69) is 10.5 Å². The maximum absolute atomic E-state index is 13.1. The SMILES string of the molecule is COc1ccc(NC(=O)C2=NOC3(CCCN(S(=O)(=O)c4ccc(C)cc4)C3)C2)cc1. The molecule has 4 rings (SSSR count). The lowest BCUT2D eigenvalue weighted by molar-refractivity contribution is -0.110. The van der Waals surface area contributed by atoms with Crippen LogP contribution in [0.3, 0.4) is 0 Å². The molecule has 8 nitrogen and oxygen atoms in total. The van der Waals surface area contributed by atoms with Gasteiger partial charge in [0.25, 0.3) is 5.91 Å². The number of piperidine rings is 1. The number of methoxy groups -OCH3 is 1. The van der Waals surface area contributed by atoms with E-state index in [0.717, 1.165) is 5.56 Å². The largest absolute Gasteiger partial charge is 0.497 e. The maximum Gasteiger partial charge on any atom is 0.273 e. The number of nitrogens with one attached hydrogen (secondary N) is 1. The minimum Gasteiger partial charge on any atom is -0.497 e. The van der Waals surface area contributed by atoms with E-state index in [1.54, 1.807) is 55.6 Å². The third kappa shape index (κ3) is 4.42.